The molecule has 0 aromatic carbocycles. The van der Waals surface area contributed by atoms with Crippen LogP contribution in [0.3, 0.4) is 0 Å². The molecule has 1 aliphatic rings. The van der Waals surface area contributed by atoms with Crippen LogP contribution >= 0.6 is 0 Å². The molecule has 1 fully saturated rings. The Kier molecular flexibility index (Phi) is 5.38. The highest BCUT2D eigenvalue weighted by atomic mass is 16.5. The maximum Gasteiger partial charge on any atom is 0.229 e. The molecule has 0 radical (unpaired) electrons. The Morgan fingerprint density at radius 2 is 1.95 bits per heavy atom. The van der Waals surface area contributed by atoms with E-state index >= 15 is 0 Å². The molecule has 1 unspecified atom stereocenters. The van der Waals surface area contributed by atoms with E-state index in [2.05, 4.69) is 30.9 Å². The second-order valence-electron chi connectivity index (χ2n) is 7.15. The Morgan fingerprint density at radius 3 is 2.48 bits per heavy atom. The number of rotatable bonds is 5. The van der Waals surface area contributed by atoms with Gasteiger partial charge in [0.1, 0.15) is 6.10 Å². The highest BCUT2D eigenvalue weighted by Gasteiger charge is 2.33. The lowest BCUT2D eigenvalue weighted by atomic mass is 9.82. The van der Waals surface area contributed by atoms with E-state index in [1.165, 1.54) is 0 Å². The minimum atomic E-state index is -0.125. The fraction of sp³-hybridized carbons (Fsp3) is 0.875. The molecule has 1 aliphatic carbocycles. The van der Waals surface area contributed by atoms with Crippen LogP contribution in [-0.4, -0.2) is 23.3 Å². The topological polar surface area (TPSA) is 74.2 Å². The highest BCUT2D eigenvalue weighted by Crippen LogP contribution is 2.38. The monoisotopic (exact) mass is 295 g/mol. The summed E-state index contributed by atoms with van der Waals surface area (Å²) in [6.07, 6.45) is 4.39. The van der Waals surface area contributed by atoms with E-state index in [0.717, 1.165) is 38.1 Å². The molecule has 1 heterocycles. The third kappa shape index (κ3) is 4.04. The van der Waals surface area contributed by atoms with Gasteiger partial charge in [0.2, 0.25) is 11.7 Å². The molecule has 0 saturated heterocycles. The first-order valence-electron chi connectivity index (χ1n) is 8.10. The predicted molar refractivity (Wildman–Crippen MR) is 81.9 cm³/mol. The summed E-state index contributed by atoms with van der Waals surface area (Å²) in [6.45, 7) is 9.83. The lowest BCUT2D eigenvalue weighted by Crippen LogP contribution is -2.23. The summed E-state index contributed by atoms with van der Waals surface area (Å²) >= 11 is 0. The normalized spacial score (nSPS) is 25.0. The van der Waals surface area contributed by atoms with Crippen LogP contribution in [0, 0.1) is 11.3 Å². The van der Waals surface area contributed by atoms with E-state index in [0.29, 0.717) is 24.3 Å². The maximum absolute atomic E-state index is 5.83. The van der Waals surface area contributed by atoms with Crippen LogP contribution in [0.2, 0.25) is 0 Å². The van der Waals surface area contributed by atoms with Crippen LogP contribution in [0.25, 0.3) is 0 Å². The molecule has 0 spiro atoms. The van der Waals surface area contributed by atoms with Crippen LogP contribution < -0.4 is 5.73 Å². The van der Waals surface area contributed by atoms with Gasteiger partial charge in [-0.1, -0.05) is 25.9 Å². The van der Waals surface area contributed by atoms with Gasteiger partial charge in [0.15, 0.2) is 0 Å². The van der Waals surface area contributed by atoms with Gasteiger partial charge in [0.25, 0.3) is 0 Å². The Hall–Kier alpha value is -0.940. The molecule has 5 heteroatoms. The third-order valence-corrected chi connectivity index (χ3v) is 4.34. The largest absolute Gasteiger partial charge is 0.370 e. The quantitative estimate of drug-likeness (QED) is 0.900. The third-order valence-electron chi connectivity index (χ3n) is 4.34. The first kappa shape index (κ1) is 16.4. The standard InChI is InChI=1S/C16H29N3O2/c1-5-20-13(16(2,3)4)14-18-15(21-19-14)12-8-6-11(10-17)7-9-12/h11-13H,5-10,17H2,1-4H3. The van der Waals surface area contributed by atoms with E-state index in [9.17, 15) is 0 Å². The Balaban J connectivity index is 2.06. The Labute approximate surface area is 127 Å². The van der Waals surface area contributed by atoms with Gasteiger partial charge >= 0.3 is 0 Å². The average molecular weight is 295 g/mol. The molecule has 0 bridgehead atoms. The van der Waals surface area contributed by atoms with Gasteiger partial charge in [0, 0.05) is 12.5 Å². The number of hydrogen-bond donors (Lipinski definition) is 1. The van der Waals surface area contributed by atoms with Crippen molar-refractivity contribution >= 4 is 0 Å². The summed E-state index contributed by atoms with van der Waals surface area (Å²) < 4.78 is 11.3. The van der Waals surface area contributed by atoms with Gasteiger partial charge in [-0.15, -0.1) is 0 Å². The summed E-state index contributed by atoms with van der Waals surface area (Å²) in [4.78, 5) is 4.64. The molecule has 0 aliphatic heterocycles. The number of ether oxygens (including phenoxy) is 1. The first-order valence-corrected chi connectivity index (χ1v) is 8.10. The first-order chi connectivity index (χ1) is 9.95. The smallest absolute Gasteiger partial charge is 0.229 e. The number of nitrogens with zero attached hydrogens (tertiary/aromatic N) is 2. The van der Waals surface area contributed by atoms with Crippen molar-refractivity contribution < 1.29 is 9.26 Å². The van der Waals surface area contributed by atoms with Crippen molar-refractivity contribution in [1.29, 1.82) is 0 Å². The maximum atomic E-state index is 5.83. The molecule has 2 rings (SSSR count). The molecule has 21 heavy (non-hydrogen) atoms. The second-order valence-corrected chi connectivity index (χ2v) is 7.15. The lowest BCUT2D eigenvalue weighted by molar-refractivity contribution is -0.0203. The van der Waals surface area contributed by atoms with Gasteiger partial charge in [-0.25, -0.2) is 0 Å². The molecule has 120 valence electrons. The van der Waals surface area contributed by atoms with Crippen LogP contribution in [0.4, 0.5) is 0 Å². The number of hydrogen-bond acceptors (Lipinski definition) is 5. The van der Waals surface area contributed by atoms with Gasteiger partial charge in [-0.05, 0) is 50.5 Å². The Bertz CT molecular complexity index is 431. The average Bonchev–Trinajstić information content (AvgIpc) is 2.93. The molecule has 5 nitrogen and oxygen atoms in total. The Morgan fingerprint density at radius 1 is 1.29 bits per heavy atom. The summed E-state index contributed by atoms with van der Waals surface area (Å²) in [5, 5.41) is 4.18. The fourth-order valence-corrected chi connectivity index (χ4v) is 3.04. The molecular formula is C16H29N3O2. The van der Waals surface area contributed by atoms with Crippen LogP contribution in [0.15, 0.2) is 4.52 Å². The molecule has 2 N–H and O–H groups in total. The fourth-order valence-electron chi connectivity index (χ4n) is 3.04. The van der Waals surface area contributed by atoms with Gasteiger partial charge in [0.05, 0.1) is 0 Å². The van der Waals surface area contributed by atoms with E-state index in [4.69, 9.17) is 15.0 Å². The molecule has 0 amide bonds. The van der Waals surface area contributed by atoms with Gasteiger partial charge in [-0.2, -0.15) is 4.98 Å². The van der Waals surface area contributed by atoms with E-state index < -0.39 is 0 Å². The summed E-state index contributed by atoms with van der Waals surface area (Å²) in [7, 11) is 0. The zero-order valence-electron chi connectivity index (χ0n) is 13.8. The van der Waals surface area contributed by atoms with Crippen molar-refractivity contribution in [1.82, 2.24) is 10.1 Å². The minimum Gasteiger partial charge on any atom is -0.370 e. The number of aromatic nitrogens is 2. The zero-order valence-corrected chi connectivity index (χ0v) is 13.8. The predicted octanol–water partition coefficient (Wildman–Crippen LogP) is 3.43. The molecular weight excluding hydrogens is 266 g/mol. The minimum absolute atomic E-state index is 0.0473. The van der Waals surface area contributed by atoms with Gasteiger partial charge in [-0.3, -0.25) is 0 Å². The highest BCUT2D eigenvalue weighted by molar-refractivity contribution is 5.01. The van der Waals surface area contributed by atoms with Crippen molar-refractivity contribution in [2.75, 3.05) is 13.2 Å². The van der Waals surface area contributed by atoms with Crippen LogP contribution in [-0.2, 0) is 4.74 Å². The lowest BCUT2D eigenvalue weighted by Gasteiger charge is -2.27. The molecule has 1 aromatic rings. The SMILES string of the molecule is CCOC(c1noc(C2CCC(CN)CC2)n1)C(C)(C)C. The van der Waals surface area contributed by atoms with Crippen molar-refractivity contribution in [3.8, 4) is 0 Å². The molecule has 1 atom stereocenters. The van der Waals surface area contributed by atoms with Crippen molar-refractivity contribution in [3.63, 3.8) is 0 Å². The summed E-state index contributed by atoms with van der Waals surface area (Å²) in [6, 6.07) is 0. The second kappa shape index (κ2) is 6.88. The van der Waals surface area contributed by atoms with Crippen LogP contribution in [0.1, 0.15) is 77.1 Å². The summed E-state index contributed by atoms with van der Waals surface area (Å²) in [5.74, 6) is 2.50. The van der Waals surface area contributed by atoms with Crippen molar-refractivity contribution in [2.24, 2.45) is 17.1 Å². The summed E-state index contributed by atoms with van der Waals surface area (Å²) in [5.41, 5.74) is 5.70. The molecule has 1 aromatic heterocycles. The van der Waals surface area contributed by atoms with Crippen molar-refractivity contribution in [2.45, 2.75) is 65.4 Å². The van der Waals surface area contributed by atoms with Crippen LogP contribution in [0.5, 0.6) is 0 Å². The van der Waals surface area contributed by atoms with Gasteiger partial charge < -0.3 is 15.0 Å². The molecule has 1 saturated carbocycles. The van der Waals surface area contributed by atoms with E-state index in [1.54, 1.807) is 0 Å². The van der Waals surface area contributed by atoms with Crippen molar-refractivity contribution in [3.05, 3.63) is 11.7 Å². The zero-order chi connectivity index (χ0) is 15.5. The number of nitrogens with two attached hydrogens (primary N) is 1. The van der Waals surface area contributed by atoms with E-state index in [1.807, 2.05) is 6.92 Å². The van der Waals surface area contributed by atoms with E-state index in [-0.39, 0.29) is 11.5 Å².